The molecule has 0 unspecified atom stereocenters. The predicted molar refractivity (Wildman–Crippen MR) is 69.8 cm³/mol. The van der Waals surface area contributed by atoms with E-state index in [0.717, 1.165) is 0 Å². The van der Waals surface area contributed by atoms with E-state index in [1.54, 1.807) is 18.2 Å². The van der Waals surface area contributed by atoms with Gasteiger partial charge in [-0.2, -0.15) is 0 Å². The van der Waals surface area contributed by atoms with Crippen molar-refractivity contribution in [2.24, 2.45) is 5.73 Å². The van der Waals surface area contributed by atoms with Gasteiger partial charge in [0.15, 0.2) is 0 Å². The number of methoxy groups -OCH3 is 1. The van der Waals surface area contributed by atoms with Crippen LogP contribution < -0.4 is 21.5 Å². The average molecular weight is 267 g/mol. The minimum Gasteiger partial charge on any atom is -0.496 e. The number of nitrogens with one attached hydrogen (secondary N) is 1. The summed E-state index contributed by atoms with van der Waals surface area (Å²) in [6.07, 6.45) is 0. The van der Waals surface area contributed by atoms with Gasteiger partial charge in [0.1, 0.15) is 17.9 Å². The normalized spacial score (nSPS) is 9.95. The van der Waals surface area contributed by atoms with Crippen molar-refractivity contribution < 1.29 is 19.1 Å². The van der Waals surface area contributed by atoms with Crippen LogP contribution in [0.15, 0.2) is 18.2 Å². The van der Waals surface area contributed by atoms with Crippen LogP contribution >= 0.6 is 0 Å². The highest BCUT2D eigenvalue weighted by Crippen LogP contribution is 2.23. The van der Waals surface area contributed by atoms with E-state index in [9.17, 15) is 9.59 Å². The molecule has 0 aliphatic rings. The number of benzene rings is 1. The van der Waals surface area contributed by atoms with Gasteiger partial charge < -0.3 is 26.3 Å². The van der Waals surface area contributed by atoms with Crippen LogP contribution in [0.1, 0.15) is 10.4 Å². The molecule has 0 saturated heterocycles. The van der Waals surface area contributed by atoms with Gasteiger partial charge in [0.25, 0.3) is 5.91 Å². The number of hydrogen-bond donors (Lipinski definition) is 3. The first kappa shape index (κ1) is 14.8. The Bertz CT molecular complexity index is 462. The highest BCUT2D eigenvalue weighted by molar-refractivity contribution is 6.01. The number of carbonyl (C=O) groups excluding carboxylic acids is 2. The number of rotatable bonds is 7. The molecule has 19 heavy (non-hydrogen) atoms. The number of carbonyl (C=O) groups is 2. The van der Waals surface area contributed by atoms with Gasteiger partial charge in [0.05, 0.1) is 13.7 Å². The molecular weight excluding hydrogens is 250 g/mol. The molecule has 1 aromatic rings. The van der Waals surface area contributed by atoms with Gasteiger partial charge in [-0.1, -0.05) is 6.07 Å². The zero-order valence-corrected chi connectivity index (χ0v) is 10.6. The quantitative estimate of drug-likeness (QED) is 0.455. The van der Waals surface area contributed by atoms with Crippen LogP contribution in [0.2, 0.25) is 0 Å². The Balaban J connectivity index is 2.52. The molecule has 104 valence electrons. The lowest BCUT2D eigenvalue weighted by Crippen LogP contribution is -2.29. The second kappa shape index (κ2) is 7.22. The highest BCUT2D eigenvalue weighted by atomic mass is 16.5. The number of primary amides is 1. The molecule has 1 aromatic carbocycles. The molecule has 0 spiro atoms. The molecule has 0 aliphatic carbocycles. The maximum atomic E-state index is 11.9. The first-order valence-electron chi connectivity index (χ1n) is 5.63. The fourth-order valence-electron chi connectivity index (χ4n) is 1.46. The lowest BCUT2D eigenvalue weighted by Gasteiger charge is -2.11. The van der Waals surface area contributed by atoms with Gasteiger partial charge in [-0.3, -0.25) is 9.59 Å². The van der Waals surface area contributed by atoms with Gasteiger partial charge >= 0.3 is 0 Å². The fraction of sp³-hybridized carbons (Fsp3) is 0.333. The molecule has 0 atom stereocenters. The Morgan fingerprint density at radius 1 is 1.37 bits per heavy atom. The van der Waals surface area contributed by atoms with Crippen LogP contribution in [0, 0.1) is 0 Å². The van der Waals surface area contributed by atoms with Crippen molar-refractivity contribution in [3.05, 3.63) is 23.8 Å². The van der Waals surface area contributed by atoms with Crippen LogP contribution in [0.5, 0.6) is 5.75 Å². The maximum absolute atomic E-state index is 11.9. The zero-order chi connectivity index (χ0) is 14.3. The molecule has 0 bridgehead atoms. The van der Waals surface area contributed by atoms with E-state index < -0.39 is 5.91 Å². The first-order chi connectivity index (χ1) is 9.06. The van der Waals surface area contributed by atoms with Crippen molar-refractivity contribution in [3.8, 4) is 5.75 Å². The third-order valence-corrected chi connectivity index (χ3v) is 2.28. The van der Waals surface area contributed by atoms with Crippen LogP contribution in [0.3, 0.4) is 0 Å². The van der Waals surface area contributed by atoms with E-state index in [1.165, 1.54) is 7.11 Å². The number of ether oxygens (including phenoxy) is 2. The number of anilines is 1. The summed E-state index contributed by atoms with van der Waals surface area (Å²) in [4.78, 5) is 22.3. The van der Waals surface area contributed by atoms with Crippen molar-refractivity contribution >= 4 is 17.5 Å². The minimum atomic E-state index is -0.555. The van der Waals surface area contributed by atoms with Crippen molar-refractivity contribution in [1.29, 1.82) is 0 Å². The summed E-state index contributed by atoms with van der Waals surface area (Å²) in [5, 5.41) is 2.61. The summed E-state index contributed by atoms with van der Waals surface area (Å²) in [6, 6.07) is 4.96. The van der Waals surface area contributed by atoms with Gasteiger partial charge in [0, 0.05) is 12.2 Å². The van der Waals surface area contributed by atoms with Crippen LogP contribution in [0.25, 0.3) is 0 Å². The monoisotopic (exact) mass is 267 g/mol. The molecule has 0 aliphatic heterocycles. The Hall–Kier alpha value is -2.28. The van der Waals surface area contributed by atoms with E-state index in [2.05, 4.69) is 5.32 Å². The van der Waals surface area contributed by atoms with E-state index in [-0.39, 0.29) is 31.2 Å². The van der Waals surface area contributed by atoms with Gasteiger partial charge in [-0.05, 0) is 12.1 Å². The molecule has 0 radical (unpaired) electrons. The Morgan fingerprint density at radius 2 is 2.11 bits per heavy atom. The molecule has 5 N–H and O–H groups in total. The van der Waals surface area contributed by atoms with Crippen molar-refractivity contribution in [2.75, 3.05) is 32.6 Å². The van der Waals surface area contributed by atoms with Crippen LogP contribution in [0.4, 0.5) is 5.69 Å². The summed E-state index contributed by atoms with van der Waals surface area (Å²) in [7, 11) is 1.46. The third kappa shape index (κ3) is 4.47. The summed E-state index contributed by atoms with van der Waals surface area (Å²) in [5.74, 6) is -0.520. The lowest BCUT2D eigenvalue weighted by atomic mass is 10.1. The average Bonchev–Trinajstić information content (AvgIpc) is 2.37. The summed E-state index contributed by atoms with van der Waals surface area (Å²) in [6.45, 7) is 0.250. The lowest BCUT2D eigenvalue weighted by molar-refractivity contribution is -0.122. The molecule has 2 amide bonds. The zero-order valence-electron chi connectivity index (χ0n) is 10.6. The van der Waals surface area contributed by atoms with Crippen molar-refractivity contribution in [1.82, 2.24) is 5.32 Å². The first-order valence-corrected chi connectivity index (χ1v) is 5.63. The highest BCUT2D eigenvalue weighted by Gasteiger charge is 2.14. The molecular formula is C12H17N3O4. The SMILES string of the molecule is COc1cccc(N)c1C(=O)NCCOCC(N)=O. The maximum Gasteiger partial charge on any atom is 0.257 e. The van der Waals surface area contributed by atoms with Crippen LogP contribution in [-0.2, 0) is 9.53 Å². The molecule has 0 fully saturated rings. The van der Waals surface area contributed by atoms with Gasteiger partial charge in [0.2, 0.25) is 5.91 Å². The molecule has 0 heterocycles. The number of amides is 2. The van der Waals surface area contributed by atoms with Crippen LogP contribution in [-0.4, -0.2) is 38.7 Å². The molecule has 1 rings (SSSR count). The largest absolute Gasteiger partial charge is 0.496 e. The second-order valence-electron chi connectivity index (χ2n) is 3.70. The van der Waals surface area contributed by atoms with Crippen molar-refractivity contribution in [3.63, 3.8) is 0 Å². The summed E-state index contributed by atoms with van der Waals surface area (Å²) >= 11 is 0. The van der Waals surface area contributed by atoms with Gasteiger partial charge in [-0.25, -0.2) is 0 Å². The van der Waals surface area contributed by atoms with E-state index >= 15 is 0 Å². The minimum absolute atomic E-state index is 0.174. The molecule has 7 heteroatoms. The summed E-state index contributed by atoms with van der Waals surface area (Å²) < 4.78 is 9.99. The number of nitrogens with two attached hydrogens (primary N) is 2. The standard InChI is InChI=1S/C12H17N3O4/c1-18-9-4-2-3-8(13)11(9)12(17)15-5-6-19-7-10(14)16/h2-4H,5-7,13H2,1H3,(H2,14,16)(H,15,17). The number of hydrogen-bond acceptors (Lipinski definition) is 5. The Morgan fingerprint density at radius 3 is 2.74 bits per heavy atom. The summed E-state index contributed by atoms with van der Waals surface area (Å²) in [5.41, 5.74) is 11.2. The van der Waals surface area contributed by atoms with E-state index in [4.69, 9.17) is 20.9 Å². The molecule has 0 saturated carbocycles. The second-order valence-corrected chi connectivity index (χ2v) is 3.70. The van der Waals surface area contributed by atoms with E-state index in [1.807, 2.05) is 0 Å². The number of nitrogen functional groups attached to an aromatic ring is 1. The fourth-order valence-corrected chi connectivity index (χ4v) is 1.46. The Labute approximate surface area is 110 Å². The predicted octanol–water partition coefficient (Wildman–Crippen LogP) is -0.491. The third-order valence-electron chi connectivity index (χ3n) is 2.28. The smallest absolute Gasteiger partial charge is 0.257 e. The molecule has 0 aromatic heterocycles. The Kier molecular flexibility index (Phi) is 5.62. The molecule has 7 nitrogen and oxygen atoms in total. The van der Waals surface area contributed by atoms with Gasteiger partial charge in [-0.15, -0.1) is 0 Å². The topological polar surface area (TPSA) is 117 Å². The van der Waals surface area contributed by atoms with E-state index in [0.29, 0.717) is 11.4 Å². The van der Waals surface area contributed by atoms with Crippen molar-refractivity contribution in [2.45, 2.75) is 0 Å².